The van der Waals surface area contributed by atoms with Crippen LogP contribution in [0.4, 0.5) is 5.69 Å². The van der Waals surface area contributed by atoms with Crippen molar-refractivity contribution in [3.8, 4) is 11.3 Å². The lowest BCUT2D eigenvalue weighted by atomic mass is 10.1. The molecule has 118 valence electrons. The van der Waals surface area contributed by atoms with Crippen LogP contribution in [0.2, 0.25) is 0 Å². The number of piperidine rings is 1. The molecule has 1 N–H and O–H groups in total. The highest BCUT2D eigenvalue weighted by atomic mass is 35.5. The van der Waals surface area contributed by atoms with Crippen LogP contribution in [0.15, 0.2) is 41.2 Å². The van der Waals surface area contributed by atoms with Gasteiger partial charge in [-0.1, -0.05) is 18.2 Å². The lowest BCUT2D eigenvalue weighted by Crippen LogP contribution is -2.29. The number of nitrogens with one attached hydrogen (secondary N) is 1. The van der Waals surface area contributed by atoms with Gasteiger partial charge in [-0.25, -0.2) is 0 Å². The van der Waals surface area contributed by atoms with E-state index >= 15 is 0 Å². The highest BCUT2D eigenvalue weighted by Gasteiger charge is 2.11. The zero-order valence-electron chi connectivity index (χ0n) is 12.3. The van der Waals surface area contributed by atoms with Crippen molar-refractivity contribution >= 4 is 29.7 Å². The Kier molecular flexibility index (Phi) is 5.92. The van der Waals surface area contributed by atoms with Crippen LogP contribution in [0.5, 0.6) is 0 Å². The van der Waals surface area contributed by atoms with Crippen molar-refractivity contribution in [1.82, 2.24) is 4.98 Å². The SMILES string of the molecule is Cl.O=c1[nH]c(-c2cccc(N3CCCCC3)c2)ccc1CCl. The standard InChI is InChI=1S/C17H19ClN2O.ClH/c18-12-14-7-8-16(19-17(14)21)13-5-4-6-15(11-13)20-9-2-1-3-10-20;/h4-8,11H,1-3,9-10,12H2,(H,19,21);1H. The van der Waals surface area contributed by atoms with E-state index < -0.39 is 0 Å². The normalized spacial score (nSPS) is 14.5. The zero-order chi connectivity index (χ0) is 14.7. The molecule has 3 nitrogen and oxygen atoms in total. The van der Waals surface area contributed by atoms with E-state index in [0.717, 1.165) is 24.3 Å². The van der Waals surface area contributed by atoms with E-state index in [0.29, 0.717) is 5.56 Å². The van der Waals surface area contributed by atoms with Crippen LogP contribution in [-0.2, 0) is 5.88 Å². The summed E-state index contributed by atoms with van der Waals surface area (Å²) in [6, 6.07) is 12.1. The number of rotatable bonds is 3. The quantitative estimate of drug-likeness (QED) is 0.851. The van der Waals surface area contributed by atoms with E-state index in [1.807, 2.05) is 18.2 Å². The molecular formula is C17H20Cl2N2O. The van der Waals surface area contributed by atoms with E-state index in [-0.39, 0.29) is 23.8 Å². The fourth-order valence-corrected chi connectivity index (χ4v) is 3.01. The molecule has 1 fully saturated rings. The number of hydrogen-bond acceptors (Lipinski definition) is 2. The topological polar surface area (TPSA) is 36.1 Å². The van der Waals surface area contributed by atoms with Crippen LogP contribution in [0.1, 0.15) is 24.8 Å². The summed E-state index contributed by atoms with van der Waals surface area (Å²) < 4.78 is 0. The van der Waals surface area contributed by atoms with Gasteiger partial charge in [-0.2, -0.15) is 0 Å². The molecule has 5 heteroatoms. The molecule has 1 aromatic carbocycles. The molecule has 1 aromatic heterocycles. The molecule has 0 radical (unpaired) electrons. The Morgan fingerprint density at radius 2 is 1.86 bits per heavy atom. The molecule has 0 atom stereocenters. The number of aromatic nitrogens is 1. The Labute approximate surface area is 141 Å². The van der Waals surface area contributed by atoms with E-state index in [2.05, 4.69) is 22.0 Å². The fourth-order valence-electron chi connectivity index (χ4n) is 2.80. The number of alkyl halides is 1. The number of pyridine rings is 1. The number of hydrogen-bond donors (Lipinski definition) is 1. The van der Waals surface area contributed by atoms with Crippen molar-refractivity contribution in [3.05, 3.63) is 52.3 Å². The third kappa shape index (κ3) is 3.65. The Morgan fingerprint density at radius 1 is 1.09 bits per heavy atom. The molecule has 1 aliphatic heterocycles. The Balaban J connectivity index is 0.00000176. The summed E-state index contributed by atoms with van der Waals surface area (Å²) in [5, 5.41) is 0. The van der Waals surface area contributed by atoms with Gasteiger partial charge in [0.2, 0.25) is 0 Å². The summed E-state index contributed by atoms with van der Waals surface area (Å²) in [6.07, 6.45) is 3.83. The molecule has 1 aliphatic rings. The van der Waals surface area contributed by atoms with Crippen molar-refractivity contribution in [2.24, 2.45) is 0 Å². The van der Waals surface area contributed by atoms with Gasteiger partial charge in [0.05, 0.1) is 5.88 Å². The van der Waals surface area contributed by atoms with Gasteiger partial charge in [0.15, 0.2) is 0 Å². The number of aromatic amines is 1. The minimum atomic E-state index is -0.106. The summed E-state index contributed by atoms with van der Waals surface area (Å²) in [7, 11) is 0. The molecule has 0 unspecified atom stereocenters. The maximum atomic E-state index is 11.9. The molecule has 0 amide bonds. The van der Waals surface area contributed by atoms with Gasteiger partial charge in [-0.3, -0.25) is 4.79 Å². The number of anilines is 1. The van der Waals surface area contributed by atoms with Crippen LogP contribution in [0, 0.1) is 0 Å². The highest BCUT2D eigenvalue weighted by molar-refractivity contribution is 6.17. The molecule has 2 aromatic rings. The molecule has 0 saturated carbocycles. The first-order chi connectivity index (χ1) is 10.3. The maximum absolute atomic E-state index is 11.9. The largest absolute Gasteiger partial charge is 0.372 e. The summed E-state index contributed by atoms with van der Waals surface area (Å²) in [5.74, 6) is 0.240. The van der Waals surface area contributed by atoms with Crippen molar-refractivity contribution in [3.63, 3.8) is 0 Å². The van der Waals surface area contributed by atoms with Gasteiger partial charge in [0, 0.05) is 35.6 Å². The lowest BCUT2D eigenvalue weighted by molar-refractivity contribution is 0.578. The van der Waals surface area contributed by atoms with E-state index in [9.17, 15) is 4.79 Å². The fraction of sp³-hybridized carbons (Fsp3) is 0.353. The minimum absolute atomic E-state index is 0. The van der Waals surface area contributed by atoms with Crippen LogP contribution >= 0.6 is 24.0 Å². The predicted octanol–water partition coefficient (Wildman–Crippen LogP) is 4.19. The van der Waals surface area contributed by atoms with E-state index in [1.165, 1.54) is 24.9 Å². The number of nitrogens with zero attached hydrogens (tertiary/aromatic N) is 1. The molecular weight excluding hydrogens is 319 g/mol. The van der Waals surface area contributed by atoms with Gasteiger partial charge in [-0.05, 0) is 37.5 Å². The van der Waals surface area contributed by atoms with Crippen molar-refractivity contribution in [1.29, 1.82) is 0 Å². The Morgan fingerprint density at radius 3 is 2.55 bits per heavy atom. The first-order valence-electron chi connectivity index (χ1n) is 7.41. The van der Waals surface area contributed by atoms with Crippen molar-refractivity contribution < 1.29 is 0 Å². The average Bonchev–Trinajstić information content (AvgIpc) is 2.56. The molecule has 2 heterocycles. The molecule has 22 heavy (non-hydrogen) atoms. The van der Waals surface area contributed by atoms with Gasteiger partial charge in [0.1, 0.15) is 0 Å². The second-order valence-corrected chi connectivity index (χ2v) is 5.73. The summed E-state index contributed by atoms with van der Waals surface area (Å²) in [6.45, 7) is 2.23. The third-order valence-electron chi connectivity index (χ3n) is 4.01. The Hall–Kier alpha value is -1.45. The summed E-state index contributed by atoms with van der Waals surface area (Å²) >= 11 is 5.73. The van der Waals surface area contributed by atoms with Crippen LogP contribution in [0.3, 0.4) is 0 Å². The van der Waals surface area contributed by atoms with Crippen LogP contribution in [-0.4, -0.2) is 18.1 Å². The van der Waals surface area contributed by atoms with Gasteiger partial charge in [0.25, 0.3) is 5.56 Å². The zero-order valence-corrected chi connectivity index (χ0v) is 13.9. The summed E-state index contributed by atoms with van der Waals surface area (Å²) in [4.78, 5) is 17.2. The molecule has 1 saturated heterocycles. The van der Waals surface area contributed by atoms with Gasteiger partial charge in [-0.15, -0.1) is 24.0 Å². The van der Waals surface area contributed by atoms with Gasteiger partial charge < -0.3 is 9.88 Å². The van der Waals surface area contributed by atoms with E-state index in [1.54, 1.807) is 6.07 Å². The van der Waals surface area contributed by atoms with Crippen molar-refractivity contribution in [2.75, 3.05) is 18.0 Å². The molecule has 0 spiro atoms. The number of benzene rings is 1. The molecule has 0 aliphatic carbocycles. The predicted molar refractivity (Wildman–Crippen MR) is 95.4 cm³/mol. The minimum Gasteiger partial charge on any atom is -0.372 e. The lowest BCUT2D eigenvalue weighted by Gasteiger charge is -2.29. The maximum Gasteiger partial charge on any atom is 0.252 e. The number of H-pyrrole nitrogens is 1. The van der Waals surface area contributed by atoms with E-state index in [4.69, 9.17) is 11.6 Å². The first kappa shape index (κ1) is 16.9. The van der Waals surface area contributed by atoms with Gasteiger partial charge >= 0.3 is 0 Å². The average molecular weight is 339 g/mol. The molecule has 0 bridgehead atoms. The summed E-state index contributed by atoms with van der Waals surface area (Å²) in [5.41, 5.74) is 3.61. The Bertz CT molecular complexity index is 678. The third-order valence-corrected chi connectivity index (χ3v) is 4.30. The van der Waals surface area contributed by atoms with Crippen LogP contribution in [0.25, 0.3) is 11.3 Å². The molecule has 3 rings (SSSR count). The van der Waals surface area contributed by atoms with Crippen LogP contribution < -0.4 is 10.5 Å². The highest BCUT2D eigenvalue weighted by Crippen LogP contribution is 2.25. The smallest absolute Gasteiger partial charge is 0.252 e. The van der Waals surface area contributed by atoms with Crippen molar-refractivity contribution in [2.45, 2.75) is 25.1 Å². The monoisotopic (exact) mass is 338 g/mol. The second kappa shape index (κ2) is 7.70. The second-order valence-electron chi connectivity index (χ2n) is 5.46. The first-order valence-corrected chi connectivity index (χ1v) is 7.95. The number of halogens is 2.